The molecule has 2 saturated carbocycles. The molecule has 4 aromatic carbocycles. The Morgan fingerprint density at radius 1 is 0.537 bits per heavy atom. The van der Waals surface area contributed by atoms with E-state index in [-0.39, 0.29) is 53.4 Å². The third-order valence-electron chi connectivity index (χ3n) is 17.5. The van der Waals surface area contributed by atoms with E-state index in [1.54, 1.807) is 0 Å². The third-order valence-corrected chi connectivity index (χ3v) is 17.5. The molecule has 8 rings (SSSR count). The molecular weight excluding hydrogens is 1020 g/mol. The molecule has 2 aliphatic carbocycles. The number of rotatable bonds is 26. The lowest BCUT2D eigenvalue weighted by Gasteiger charge is -2.37. The Bertz CT molecular complexity index is 2740. The molecule has 0 bridgehead atoms. The molecule has 14 heteroatoms. The van der Waals surface area contributed by atoms with E-state index in [9.17, 15) is 28.8 Å². The van der Waals surface area contributed by atoms with Crippen LogP contribution in [0.25, 0.3) is 11.1 Å². The Morgan fingerprint density at radius 3 is 1.50 bits per heavy atom. The Morgan fingerprint density at radius 2 is 1.00 bits per heavy atom. The van der Waals surface area contributed by atoms with E-state index in [4.69, 9.17) is 0 Å². The Labute approximate surface area is 488 Å². The molecule has 2 saturated heterocycles. The fraction of sp³-hybridized carbons (Fsp3) is 0.529. The summed E-state index contributed by atoms with van der Waals surface area (Å²) in [5, 5.41) is 12.8. The second-order valence-corrected chi connectivity index (χ2v) is 23.5. The minimum absolute atomic E-state index is 0.0319. The molecule has 6 amide bonds. The maximum absolute atomic E-state index is 14.8. The summed E-state index contributed by atoms with van der Waals surface area (Å²) in [6, 6.07) is 33.8. The molecule has 440 valence electrons. The minimum Gasteiger partial charge on any atom is -0.343 e. The SMILES string of the molecule is CCCN[C@@H](C)C(=O)NC(C(=O)N1CCC[C@H]1CN(CCc1ccccc1)C(=O)c1ccc(-c2ccc(C(=O)N(CCc3ccccc3)C[C@@H]3CCCN3C(=O)[C@@H](NC(=O)[C@H](C)NCCC)C3CCCCC3)cc2)cc1)=C1CCCCC1. The van der Waals surface area contributed by atoms with Crippen LogP contribution in [0, 0.1) is 5.92 Å². The van der Waals surface area contributed by atoms with Crippen molar-refractivity contribution in [2.45, 2.75) is 173 Å². The van der Waals surface area contributed by atoms with Gasteiger partial charge in [-0.3, -0.25) is 28.8 Å². The van der Waals surface area contributed by atoms with Gasteiger partial charge in [0.15, 0.2) is 0 Å². The van der Waals surface area contributed by atoms with Gasteiger partial charge in [-0.15, -0.1) is 0 Å². The Balaban J connectivity index is 0.970. The van der Waals surface area contributed by atoms with Crippen molar-refractivity contribution in [3.8, 4) is 11.1 Å². The molecule has 4 aromatic rings. The minimum atomic E-state index is -0.599. The monoisotopic (exact) mass is 1120 g/mol. The van der Waals surface area contributed by atoms with Crippen molar-refractivity contribution in [3.05, 3.63) is 143 Å². The quantitative estimate of drug-likeness (QED) is 0.0452. The fourth-order valence-corrected chi connectivity index (χ4v) is 12.6. The smallest absolute Gasteiger partial charge is 0.270 e. The van der Waals surface area contributed by atoms with Crippen LogP contribution in [0.15, 0.2) is 120 Å². The first-order valence-corrected chi connectivity index (χ1v) is 31.2. The van der Waals surface area contributed by atoms with Crippen LogP contribution < -0.4 is 21.3 Å². The van der Waals surface area contributed by atoms with Gasteiger partial charge in [-0.2, -0.15) is 0 Å². The lowest BCUT2D eigenvalue weighted by atomic mass is 9.83. The van der Waals surface area contributed by atoms with Gasteiger partial charge in [-0.05, 0) is 175 Å². The first-order chi connectivity index (χ1) is 39.9. The summed E-state index contributed by atoms with van der Waals surface area (Å²) in [6.45, 7) is 12.1. The van der Waals surface area contributed by atoms with Gasteiger partial charge >= 0.3 is 0 Å². The molecule has 2 aliphatic heterocycles. The average molecular weight is 1120 g/mol. The number of allylic oxidation sites excluding steroid dienone is 1. The van der Waals surface area contributed by atoms with E-state index in [2.05, 4.69) is 59.4 Å². The van der Waals surface area contributed by atoms with Crippen molar-refractivity contribution in [2.24, 2.45) is 5.92 Å². The number of nitrogens with one attached hydrogen (secondary N) is 4. The molecule has 2 heterocycles. The van der Waals surface area contributed by atoms with E-state index in [1.807, 2.05) is 118 Å². The number of benzene rings is 4. The first kappa shape index (κ1) is 61.4. The van der Waals surface area contributed by atoms with E-state index < -0.39 is 18.1 Å². The van der Waals surface area contributed by atoms with Crippen molar-refractivity contribution in [3.63, 3.8) is 0 Å². The van der Waals surface area contributed by atoms with Crippen LogP contribution in [0.5, 0.6) is 0 Å². The zero-order chi connectivity index (χ0) is 57.8. The number of hydrogen-bond acceptors (Lipinski definition) is 8. The highest BCUT2D eigenvalue weighted by molar-refractivity contribution is 6.00. The maximum Gasteiger partial charge on any atom is 0.270 e. The fourth-order valence-electron chi connectivity index (χ4n) is 12.6. The summed E-state index contributed by atoms with van der Waals surface area (Å²) in [6.07, 6.45) is 16.0. The normalized spacial score (nSPS) is 18.6. The van der Waals surface area contributed by atoms with E-state index in [1.165, 1.54) is 0 Å². The number of carbonyl (C=O) groups is 6. The van der Waals surface area contributed by atoms with Crippen LogP contribution in [-0.4, -0.2) is 138 Å². The molecule has 82 heavy (non-hydrogen) atoms. The van der Waals surface area contributed by atoms with Gasteiger partial charge in [0.1, 0.15) is 11.7 Å². The molecule has 0 aromatic heterocycles. The number of likely N-dealkylation sites (tertiary alicyclic amines) is 2. The van der Waals surface area contributed by atoms with Crippen LogP contribution in [0.2, 0.25) is 0 Å². The van der Waals surface area contributed by atoms with Crippen LogP contribution in [-0.2, 0) is 32.0 Å². The third kappa shape index (κ3) is 16.8. The Hall–Kier alpha value is -6.64. The van der Waals surface area contributed by atoms with Crippen LogP contribution in [0.4, 0.5) is 0 Å². The number of amides is 6. The molecule has 0 spiro atoms. The number of nitrogens with zero attached hydrogens (tertiary/aromatic N) is 4. The number of hydrogen-bond donors (Lipinski definition) is 4. The summed E-state index contributed by atoms with van der Waals surface area (Å²) in [7, 11) is 0. The second kappa shape index (κ2) is 31.1. The van der Waals surface area contributed by atoms with Crippen molar-refractivity contribution < 1.29 is 28.8 Å². The maximum atomic E-state index is 14.8. The average Bonchev–Trinajstić information content (AvgIpc) is 4.40. The molecule has 14 nitrogen and oxygen atoms in total. The summed E-state index contributed by atoms with van der Waals surface area (Å²) < 4.78 is 0. The highest BCUT2D eigenvalue weighted by atomic mass is 16.2. The van der Waals surface area contributed by atoms with Gasteiger partial charge < -0.3 is 40.9 Å². The van der Waals surface area contributed by atoms with Gasteiger partial charge in [-0.25, -0.2) is 0 Å². The van der Waals surface area contributed by atoms with E-state index in [0.717, 1.165) is 137 Å². The highest BCUT2D eigenvalue weighted by Crippen LogP contribution is 2.32. The standard InChI is InChI=1S/C68H92N8O6/c1-5-41-69-49(3)63(77)71-61(55-25-15-9-16-26-55)67(81)75-43-19-29-59(75)47-73(45-39-51-21-11-7-12-22-51)65(79)57-35-31-53(32-36-57)54-33-37-58(38-34-54)66(80)74(46-40-52-23-13-8-14-24-52)48-60-30-20-44-76(60)68(82)62(56-27-17-10-18-28-56)72-64(78)50(4)70-42-6-2/h7-8,11-14,21-24,31-38,49-50,55,59-61,69-70H,5-6,9-10,15-20,25-30,39-48H2,1-4H3,(H,71,77)(H,72,78)/t49-,50-,59-,60-,61-/m0/s1. The molecule has 4 aliphatic rings. The largest absolute Gasteiger partial charge is 0.343 e. The summed E-state index contributed by atoms with van der Waals surface area (Å²) in [5.41, 5.74) is 6.60. The molecular formula is C68H92N8O6. The van der Waals surface area contributed by atoms with E-state index in [0.29, 0.717) is 75.5 Å². The van der Waals surface area contributed by atoms with Crippen LogP contribution in [0.3, 0.4) is 0 Å². The van der Waals surface area contributed by atoms with Crippen molar-refractivity contribution >= 4 is 35.4 Å². The zero-order valence-electron chi connectivity index (χ0n) is 49.5. The van der Waals surface area contributed by atoms with Gasteiger partial charge in [0, 0.05) is 62.5 Å². The van der Waals surface area contributed by atoms with Gasteiger partial charge in [-0.1, -0.05) is 124 Å². The highest BCUT2D eigenvalue weighted by Gasteiger charge is 2.40. The zero-order valence-corrected chi connectivity index (χ0v) is 49.5. The predicted octanol–water partition coefficient (Wildman–Crippen LogP) is 9.88. The van der Waals surface area contributed by atoms with Crippen LogP contribution >= 0.6 is 0 Å². The van der Waals surface area contributed by atoms with Crippen molar-refractivity contribution in [1.29, 1.82) is 0 Å². The van der Waals surface area contributed by atoms with Gasteiger partial charge in [0.25, 0.3) is 17.7 Å². The van der Waals surface area contributed by atoms with E-state index >= 15 is 0 Å². The summed E-state index contributed by atoms with van der Waals surface area (Å²) >= 11 is 0. The van der Waals surface area contributed by atoms with Crippen LogP contribution in [0.1, 0.15) is 162 Å². The summed E-state index contributed by atoms with van der Waals surface area (Å²) in [5.74, 6) is -0.669. The molecule has 4 fully saturated rings. The topological polar surface area (TPSA) is 163 Å². The lowest BCUT2D eigenvalue weighted by Crippen LogP contribution is -2.57. The van der Waals surface area contributed by atoms with Gasteiger partial charge in [0.2, 0.25) is 17.7 Å². The molecule has 0 unspecified atom stereocenters. The molecule has 5 atom stereocenters. The Kier molecular flexibility index (Phi) is 23.3. The molecule has 4 N–H and O–H groups in total. The predicted molar refractivity (Wildman–Crippen MR) is 326 cm³/mol. The van der Waals surface area contributed by atoms with Crippen molar-refractivity contribution in [1.82, 2.24) is 40.9 Å². The number of carbonyl (C=O) groups excluding carboxylic acids is 6. The second-order valence-electron chi connectivity index (χ2n) is 23.5. The lowest BCUT2D eigenvalue weighted by molar-refractivity contribution is -0.139. The summed E-state index contributed by atoms with van der Waals surface area (Å²) in [4.78, 5) is 93.7. The van der Waals surface area contributed by atoms with Gasteiger partial charge in [0.05, 0.1) is 12.1 Å². The van der Waals surface area contributed by atoms with Crippen molar-refractivity contribution in [2.75, 3.05) is 52.4 Å². The molecule has 0 radical (unpaired) electrons. The first-order valence-electron chi connectivity index (χ1n) is 31.2.